The molecule has 1 aromatic rings. The summed E-state index contributed by atoms with van der Waals surface area (Å²) in [7, 11) is -3.84. The first-order valence-corrected chi connectivity index (χ1v) is 9.92. The molecule has 2 heterocycles. The van der Waals surface area contributed by atoms with E-state index in [1.165, 1.54) is 30.3 Å². The van der Waals surface area contributed by atoms with E-state index in [4.69, 9.17) is 14.7 Å². The van der Waals surface area contributed by atoms with Gasteiger partial charge in [0, 0.05) is 31.7 Å². The van der Waals surface area contributed by atoms with Crippen molar-refractivity contribution in [1.29, 1.82) is 0 Å². The smallest absolute Gasteiger partial charge is 0.335 e. The Labute approximate surface area is 156 Å². The Bertz CT molecular complexity index is 843. The number of carbonyl (C=O) groups excluding carboxylic acids is 1. The second-order valence-corrected chi connectivity index (χ2v) is 8.14. The summed E-state index contributed by atoms with van der Waals surface area (Å²) in [6.45, 7) is 0.533. The molecule has 9 nitrogen and oxygen atoms in total. The molecule has 0 aliphatic carbocycles. The fourth-order valence-corrected chi connectivity index (χ4v) is 4.14. The van der Waals surface area contributed by atoms with Gasteiger partial charge in [0.2, 0.25) is 10.0 Å². The topological polar surface area (TPSA) is 122 Å². The third-order valence-electron chi connectivity index (χ3n) is 4.34. The number of nitrogens with zero attached hydrogens (tertiary/aromatic N) is 1. The highest BCUT2D eigenvalue weighted by Crippen LogP contribution is 2.21. The van der Waals surface area contributed by atoms with Crippen LogP contribution in [0.4, 0.5) is 0 Å². The molecule has 1 amide bonds. The van der Waals surface area contributed by atoms with Crippen LogP contribution in [0.15, 0.2) is 40.8 Å². The molecular formula is C17H20N2O7S. The number of ether oxygens (including phenoxy) is 1. The van der Waals surface area contributed by atoms with Crippen molar-refractivity contribution < 1.29 is 32.7 Å². The first-order valence-electron chi connectivity index (χ1n) is 8.48. The van der Waals surface area contributed by atoms with E-state index in [9.17, 15) is 18.0 Å². The Balaban J connectivity index is 1.58. The van der Waals surface area contributed by atoms with Gasteiger partial charge in [-0.25, -0.2) is 23.5 Å². The second-order valence-electron chi connectivity index (χ2n) is 6.20. The summed E-state index contributed by atoms with van der Waals surface area (Å²) in [5.41, 5.74) is 2.58. The van der Waals surface area contributed by atoms with Crippen molar-refractivity contribution in [3.8, 4) is 0 Å². The molecule has 2 aliphatic heterocycles. The first kappa shape index (κ1) is 19.5. The summed E-state index contributed by atoms with van der Waals surface area (Å²) in [4.78, 5) is 28.2. The third-order valence-corrected chi connectivity index (χ3v) is 6.17. The number of sulfonamides is 1. The summed E-state index contributed by atoms with van der Waals surface area (Å²) >= 11 is 0. The van der Waals surface area contributed by atoms with Gasteiger partial charge in [0.1, 0.15) is 0 Å². The van der Waals surface area contributed by atoms with Crippen LogP contribution in [0, 0.1) is 0 Å². The number of amides is 1. The Morgan fingerprint density at radius 3 is 2.59 bits per heavy atom. The SMILES string of the molecule is O=C(NOC1CCCCO1)C1=CCN(S(=O)(=O)c2ccc(C(=O)O)cc2)C1. The molecule has 0 bridgehead atoms. The minimum atomic E-state index is -3.84. The fraction of sp³-hybridized carbons (Fsp3) is 0.412. The molecule has 0 saturated carbocycles. The van der Waals surface area contributed by atoms with Gasteiger partial charge in [-0.15, -0.1) is 0 Å². The maximum absolute atomic E-state index is 12.7. The molecule has 3 rings (SSSR count). The van der Waals surface area contributed by atoms with Gasteiger partial charge < -0.3 is 9.84 Å². The molecule has 1 fully saturated rings. The number of carboxylic acid groups (broad SMARTS) is 1. The van der Waals surface area contributed by atoms with Gasteiger partial charge in [-0.3, -0.25) is 4.79 Å². The zero-order valence-corrected chi connectivity index (χ0v) is 15.3. The lowest BCUT2D eigenvalue weighted by Crippen LogP contribution is -2.36. The number of hydrogen-bond donors (Lipinski definition) is 2. The van der Waals surface area contributed by atoms with Crippen molar-refractivity contribution in [3.05, 3.63) is 41.5 Å². The molecule has 1 aromatic carbocycles. The molecule has 1 atom stereocenters. The number of carboxylic acids is 1. The molecule has 146 valence electrons. The van der Waals surface area contributed by atoms with Crippen molar-refractivity contribution >= 4 is 21.9 Å². The lowest BCUT2D eigenvalue weighted by Gasteiger charge is -2.22. The van der Waals surface area contributed by atoms with Crippen LogP contribution in [-0.4, -0.2) is 55.7 Å². The molecule has 0 radical (unpaired) electrons. The number of hydroxylamine groups is 1. The van der Waals surface area contributed by atoms with Crippen LogP contribution in [0.5, 0.6) is 0 Å². The molecule has 0 aromatic heterocycles. The largest absolute Gasteiger partial charge is 0.478 e. The van der Waals surface area contributed by atoms with Crippen LogP contribution in [-0.2, 0) is 24.4 Å². The summed E-state index contributed by atoms with van der Waals surface area (Å²) in [5, 5.41) is 8.90. The highest BCUT2D eigenvalue weighted by molar-refractivity contribution is 7.89. The molecule has 1 saturated heterocycles. The van der Waals surface area contributed by atoms with E-state index in [1.807, 2.05) is 0 Å². The number of aromatic carboxylic acids is 1. The van der Waals surface area contributed by atoms with Gasteiger partial charge in [-0.2, -0.15) is 4.31 Å². The van der Waals surface area contributed by atoms with Crippen molar-refractivity contribution in [2.75, 3.05) is 19.7 Å². The van der Waals surface area contributed by atoms with Gasteiger partial charge in [-0.05, 0) is 37.1 Å². The van der Waals surface area contributed by atoms with E-state index < -0.39 is 28.2 Å². The van der Waals surface area contributed by atoms with Gasteiger partial charge >= 0.3 is 5.97 Å². The van der Waals surface area contributed by atoms with Gasteiger partial charge in [0.25, 0.3) is 5.91 Å². The predicted molar refractivity (Wildman–Crippen MR) is 93.1 cm³/mol. The Hall–Kier alpha value is -2.27. The minimum Gasteiger partial charge on any atom is -0.478 e. The number of benzene rings is 1. The first-order chi connectivity index (χ1) is 12.9. The average Bonchev–Trinajstić information content (AvgIpc) is 3.18. The van der Waals surface area contributed by atoms with E-state index in [0.29, 0.717) is 13.0 Å². The van der Waals surface area contributed by atoms with Crippen LogP contribution < -0.4 is 5.48 Å². The van der Waals surface area contributed by atoms with E-state index in [2.05, 4.69) is 5.48 Å². The monoisotopic (exact) mass is 396 g/mol. The molecule has 1 unspecified atom stereocenters. The number of nitrogens with one attached hydrogen (secondary N) is 1. The predicted octanol–water partition coefficient (Wildman–Crippen LogP) is 0.890. The van der Waals surface area contributed by atoms with Crippen LogP contribution in [0.25, 0.3) is 0 Å². The normalized spacial score (nSPS) is 20.9. The Morgan fingerprint density at radius 1 is 1.22 bits per heavy atom. The zero-order chi connectivity index (χ0) is 19.4. The fourth-order valence-electron chi connectivity index (χ4n) is 2.79. The maximum atomic E-state index is 12.7. The molecule has 2 N–H and O–H groups in total. The van der Waals surface area contributed by atoms with Gasteiger partial charge in [-0.1, -0.05) is 6.08 Å². The molecule has 0 spiro atoms. The van der Waals surface area contributed by atoms with E-state index in [-0.39, 0.29) is 29.1 Å². The van der Waals surface area contributed by atoms with Crippen LogP contribution in [0.3, 0.4) is 0 Å². The lowest BCUT2D eigenvalue weighted by molar-refractivity contribution is -0.198. The molecule has 10 heteroatoms. The van der Waals surface area contributed by atoms with Crippen molar-refractivity contribution in [1.82, 2.24) is 9.79 Å². The van der Waals surface area contributed by atoms with E-state index >= 15 is 0 Å². The highest BCUT2D eigenvalue weighted by Gasteiger charge is 2.31. The van der Waals surface area contributed by atoms with E-state index in [1.54, 1.807) is 0 Å². The molecular weight excluding hydrogens is 376 g/mol. The van der Waals surface area contributed by atoms with Crippen LogP contribution in [0.1, 0.15) is 29.6 Å². The third kappa shape index (κ3) is 4.53. The average molecular weight is 396 g/mol. The summed E-state index contributed by atoms with van der Waals surface area (Å²) < 4.78 is 31.8. The maximum Gasteiger partial charge on any atom is 0.335 e. The highest BCUT2D eigenvalue weighted by atomic mass is 32.2. The summed E-state index contributed by atoms with van der Waals surface area (Å²) in [5.74, 6) is -1.65. The van der Waals surface area contributed by atoms with Crippen molar-refractivity contribution in [2.45, 2.75) is 30.4 Å². The minimum absolute atomic E-state index is 0.00403. The zero-order valence-electron chi connectivity index (χ0n) is 14.5. The Morgan fingerprint density at radius 2 is 1.96 bits per heavy atom. The number of hydrogen-bond acceptors (Lipinski definition) is 6. The standard InChI is InChI=1S/C17H20N2O7S/c20-16(18-26-15-3-1-2-10-25-15)13-8-9-19(11-13)27(23,24)14-6-4-12(5-7-14)17(21)22/h4-8,15H,1-3,9-11H2,(H,18,20)(H,21,22). The Kier molecular flexibility index (Phi) is 5.90. The summed E-state index contributed by atoms with van der Waals surface area (Å²) in [6.07, 6.45) is 3.63. The van der Waals surface area contributed by atoms with E-state index in [0.717, 1.165) is 17.1 Å². The number of rotatable bonds is 6. The van der Waals surface area contributed by atoms with Crippen molar-refractivity contribution in [2.24, 2.45) is 0 Å². The second kappa shape index (κ2) is 8.17. The van der Waals surface area contributed by atoms with Crippen LogP contribution in [0.2, 0.25) is 0 Å². The van der Waals surface area contributed by atoms with Gasteiger partial charge in [0.15, 0.2) is 6.29 Å². The number of carbonyl (C=O) groups is 2. The van der Waals surface area contributed by atoms with Gasteiger partial charge in [0.05, 0.1) is 10.5 Å². The molecule has 2 aliphatic rings. The van der Waals surface area contributed by atoms with Crippen LogP contribution >= 0.6 is 0 Å². The summed E-state index contributed by atoms with van der Waals surface area (Å²) in [6, 6.07) is 4.93. The lowest BCUT2D eigenvalue weighted by atomic mass is 10.2. The molecule has 27 heavy (non-hydrogen) atoms. The quantitative estimate of drug-likeness (QED) is 0.685. The van der Waals surface area contributed by atoms with Crippen molar-refractivity contribution in [3.63, 3.8) is 0 Å².